The molecule has 1 unspecified atom stereocenters. The lowest BCUT2D eigenvalue weighted by atomic mass is 9.96. The van der Waals surface area contributed by atoms with Gasteiger partial charge in [-0.2, -0.15) is 5.10 Å². The first-order valence-corrected chi connectivity index (χ1v) is 9.45. The van der Waals surface area contributed by atoms with E-state index in [-0.39, 0.29) is 24.0 Å². The van der Waals surface area contributed by atoms with Crippen LogP contribution in [0.2, 0.25) is 0 Å². The summed E-state index contributed by atoms with van der Waals surface area (Å²) in [6.07, 6.45) is 3.20. The van der Waals surface area contributed by atoms with Gasteiger partial charge in [0, 0.05) is 51.9 Å². The van der Waals surface area contributed by atoms with Gasteiger partial charge >= 0.3 is 0 Å². The Morgan fingerprint density at radius 2 is 1.93 bits per heavy atom. The van der Waals surface area contributed by atoms with Crippen molar-refractivity contribution in [1.82, 2.24) is 20.0 Å². The van der Waals surface area contributed by atoms with Gasteiger partial charge in [-0.05, 0) is 17.9 Å². The van der Waals surface area contributed by atoms with Crippen molar-refractivity contribution in [3.8, 4) is 0 Å². The van der Waals surface area contributed by atoms with Gasteiger partial charge in [0.2, 0.25) is 0 Å². The summed E-state index contributed by atoms with van der Waals surface area (Å²) in [6, 6.07) is 10.7. The van der Waals surface area contributed by atoms with Crippen molar-refractivity contribution in [2.75, 3.05) is 20.6 Å². The third-order valence-electron chi connectivity index (χ3n) is 4.74. The maximum absolute atomic E-state index is 4.61. The standard InChI is InChI=1S/C21H33N5.HI/c1-7-17(18-11-9-8-10-12-18)13-23-21(22-4)25(5)14-19-15-26(6)24-20(19)16(2)3;/h8-12,15-17H,7,13-14H2,1-6H3,(H,22,23);1H. The quantitative estimate of drug-likeness (QED) is 0.362. The molecule has 150 valence electrons. The third-order valence-corrected chi connectivity index (χ3v) is 4.74. The minimum Gasteiger partial charge on any atom is -0.356 e. The first-order chi connectivity index (χ1) is 12.5. The Bertz CT molecular complexity index is 709. The Balaban J connectivity index is 0.00000364. The Labute approximate surface area is 181 Å². The van der Waals surface area contributed by atoms with E-state index in [1.54, 1.807) is 0 Å². The highest BCUT2D eigenvalue weighted by Gasteiger charge is 2.16. The third kappa shape index (κ3) is 6.52. The van der Waals surface area contributed by atoms with Crippen molar-refractivity contribution in [3.05, 3.63) is 53.3 Å². The Hall–Kier alpha value is -1.57. The first-order valence-electron chi connectivity index (χ1n) is 9.45. The Kier molecular flexibility index (Phi) is 9.83. The fourth-order valence-electron chi connectivity index (χ4n) is 3.32. The zero-order chi connectivity index (χ0) is 19.1. The first kappa shape index (κ1) is 23.5. The maximum atomic E-state index is 4.61. The summed E-state index contributed by atoms with van der Waals surface area (Å²) in [6.45, 7) is 8.27. The minimum atomic E-state index is 0. The van der Waals surface area contributed by atoms with Crippen LogP contribution in [-0.4, -0.2) is 41.3 Å². The molecule has 0 aliphatic rings. The molecule has 0 aliphatic heterocycles. The number of halogens is 1. The van der Waals surface area contributed by atoms with Gasteiger partial charge in [-0.25, -0.2) is 0 Å². The summed E-state index contributed by atoms with van der Waals surface area (Å²) in [5, 5.41) is 8.15. The normalized spacial score (nSPS) is 12.6. The van der Waals surface area contributed by atoms with Crippen LogP contribution in [0.3, 0.4) is 0 Å². The molecule has 0 amide bonds. The van der Waals surface area contributed by atoms with Gasteiger partial charge in [0.05, 0.1) is 5.69 Å². The number of hydrogen-bond donors (Lipinski definition) is 1. The number of aliphatic imine (C=N–C) groups is 1. The second kappa shape index (κ2) is 11.3. The highest BCUT2D eigenvalue weighted by atomic mass is 127. The van der Waals surface area contributed by atoms with Gasteiger partial charge in [-0.1, -0.05) is 51.1 Å². The second-order valence-corrected chi connectivity index (χ2v) is 7.17. The van der Waals surface area contributed by atoms with Gasteiger partial charge in [0.15, 0.2) is 5.96 Å². The molecule has 0 spiro atoms. The Morgan fingerprint density at radius 3 is 2.48 bits per heavy atom. The largest absolute Gasteiger partial charge is 0.356 e. The van der Waals surface area contributed by atoms with Crippen molar-refractivity contribution in [3.63, 3.8) is 0 Å². The average Bonchev–Trinajstić information content (AvgIpc) is 3.00. The lowest BCUT2D eigenvalue weighted by molar-refractivity contribution is 0.467. The van der Waals surface area contributed by atoms with Gasteiger partial charge in [-0.15, -0.1) is 24.0 Å². The lowest BCUT2D eigenvalue weighted by Gasteiger charge is -2.24. The predicted molar refractivity (Wildman–Crippen MR) is 125 cm³/mol. The molecule has 1 N–H and O–H groups in total. The molecule has 0 fully saturated rings. The summed E-state index contributed by atoms with van der Waals surface area (Å²) >= 11 is 0. The van der Waals surface area contributed by atoms with E-state index in [2.05, 4.69) is 84.7 Å². The van der Waals surface area contributed by atoms with Crippen molar-refractivity contribution < 1.29 is 0 Å². The Morgan fingerprint density at radius 1 is 1.26 bits per heavy atom. The topological polar surface area (TPSA) is 45.5 Å². The molecule has 1 aromatic heterocycles. The molecule has 6 heteroatoms. The molecule has 0 saturated heterocycles. The van der Waals surface area contributed by atoms with Crippen LogP contribution >= 0.6 is 24.0 Å². The molecule has 0 saturated carbocycles. The van der Waals surface area contributed by atoms with Crippen LogP contribution in [0, 0.1) is 0 Å². The van der Waals surface area contributed by atoms with E-state index >= 15 is 0 Å². The van der Waals surface area contributed by atoms with E-state index in [0.29, 0.717) is 11.8 Å². The van der Waals surface area contributed by atoms with Crippen LogP contribution < -0.4 is 5.32 Å². The van der Waals surface area contributed by atoms with E-state index in [9.17, 15) is 0 Å². The van der Waals surface area contributed by atoms with Gasteiger partial charge in [-0.3, -0.25) is 9.67 Å². The molecule has 1 atom stereocenters. The molecule has 0 aliphatic carbocycles. The molecular formula is C21H34IN5. The van der Waals surface area contributed by atoms with Gasteiger partial charge < -0.3 is 10.2 Å². The van der Waals surface area contributed by atoms with Gasteiger partial charge in [0.25, 0.3) is 0 Å². The van der Waals surface area contributed by atoms with Crippen LogP contribution in [0.15, 0.2) is 41.5 Å². The molecule has 2 aromatic rings. The van der Waals surface area contributed by atoms with E-state index in [0.717, 1.165) is 31.2 Å². The fourth-order valence-corrected chi connectivity index (χ4v) is 3.32. The number of hydrogen-bond acceptors (Lipinski definition) is 2. The molecule has 1 aromatic carbocycles. The number of benzene rings is 1. The summed E-state index contributed by atoms with van der Waals surface area (Å²) < 4.78 is 1.90. The molecule has 2 rings (SSSR count). The number of nitrogens with one attached hydrogen (secondary N) is 1. The van der Waals surface area contributed by atoms with Crippen LogP contribution in [0.1, 0.15) is 55.8 Å². The molecule has 1 heterocycles. The smallest absolute Gasteiger partial charge is 0.193 e. The van der Waals surface area contributed by atoms with Crippen LogP contribution in [0.5, 0.6) is 0 Å². The lowest BCUT2D eigenvalue weighted by Crippen LogP contribution is -2.40. The zero-order valence-electron chi connectivity index (χ0n) is 17.4. The molecule has 0 radical (unpaired) electrons. The fraction of sp³-hybridized carbons (Fsp3) is 0.524. The van der Waals surface area contributed by atoms with Crippen molar-refractivity contribution in [2.24, 2.45) is 12.0 Å². The van der Waals surface area contributed by atoms with Crippen LogP contribution in [0.25, 0.3) is 0 Å². The average molecular weight is 483 g/mol. The van der Waals surface area contributed by atoms with Crippen molar-refractivity contribution in [1.29, 1.82) is 0 Å². The van der Waals surface area contributed by atoms with E-state index in [1.807, 2.05) is 18.8 Å². The summed E-state index contributed by atoms with van der Waals surface area (Å²) in [5.74, 6) is 1.81. The highest BCUT2D eigenvalue weighted by Crippen LogP contribution is 2.20. The SMILES string of the molecule is CCC(CNC(=NC)N(C)Cc1cn(C)nc1C(C)C)c1ccccc1.I. The summed E-state index contributed by atoms with van der Waals surface area (Å²) in [7, 11) is 5.90. The number of rotatable bonds is 7. The zero-order valence-corrected chi connectivity index (χ0v) is 19.8. The highest BCUT2D eigenvalue weighted by molar-refractivity contribution is 14.0. The second-order valence-electron chi connectivity index (χ2n) is 7.17. The number of aryl methyl sites for hydroxylation is 1. The van der Waals surface area contributed by atoms with Crippen LogP contribution in [-0.2, 0) is 13.6 Å². The number of nitrogens with zero attached hydrogens (tertiary/aromatic N) is 4. The molecular weight excluding hydrogens is 449 g/mol. The maximum Gasteiger partial charge on any atom is 0.193 e. The number of aromatic nitrogens is 2. The molecule has 0 bridgehead atoms. The molecule has 27 heavy (non-hydrogen) atoms. The van der Waals surface area contributed by atoms with Crippen LogP contribution in [0.4, 0.5) is 0 Å². The monoisotopic (exact) mass is 483 g/mol. The van der Waals surface area contributed by atoms with E-state index in [1.165, 1.54) is 11.1 Å². The van der Waals surface area contributed by atoms with Crippen molar-refractivity contribution >= 4 is 29.9 Å². The number of guanidine groups is 1. The van der Waals surface area contributed by atoms with Gasteiger partial charge in [0.1, 0.15) is 0 Å². The molecule has 5 nitrogen and oxygen atoms in total. The summed E-state index contributed by atoms with van der Waals surface area (Å²) in [4.78, 5) is 6.64. The predicted octanol–water partition coefficient (Wildman–Crippen LogP) is 4.36. The summed E-state index contributed by atoms with van der Waals surface area (Å²) in [5.41, 5.74) is 3.78. The van der Waals surface area contributed by atoms with E-state index < -0.39 is 0 Å². The van der Waals surface area contributed by atoms with E-state index in [4.69, 9.17) is 0 Å². The minimum absolute atomic E-state index is 0. The van der Waals surface area contributed by atoms with Crippen molar-refractivity contribution in [2.45, 2.75) is 45.6 Å².